The quantitative estimate of drug-likeness (QED) is 0.462. The van der Waals surface area contributed by atoms with Crippen LogP contribution < -0.4 is 14.0 Å². The minimum absolute atomic E-state index is 0. The van der Waals surface area contributed by atoms with Crippen molar-refractivity contribution in [2.24, 2.45) is 0 Å². The summed E-state index contributed by atoms with van der Waals surface area (Å²) in [6.45, 7) is 0. The summed E-state index contributed by atoms with van der Waals surface area (Å²) in [6, 6.07) is 0. The van der Waals surface area contributed by atoms with Gasteiger partial charge in [-0.15, -0.1) is 0 Å². The Bertz CT molecular complexity index is 41.4. The molecule has 0 aliphatic heterocycles. The van der Waals surface area contributed by atoms with E-state index in [1.807, 2.05) is 16.3 Å². The molecule has 0 aliphatic rings. The Balaban J connectivity index is 0. The molecule has 0 saturated heterocycles. The Hall–Kier alpha value is 0.540. The number of halogens is 3. The monoisotopic (exact) mass is 198 g/mol. The van der Waals surface area contributed by atoms with Gasteiger partial charge in [-0.3, -0.25) is 4.70 Å². The van der Waals surface area contributed by atoms with Gasteiger partial charge in [-0.1, -0.05) is 0 Å². The topological polar surface area (TPSA) is 78.4 Å². The van der Waals surface area contributed by atoms with Crippen LogP contribution in [0.4, 0.5) is 4.70 Å². The van der Waals surface area contributed by atoms with E-state index in [-0.39, 0.29) is 4.70 Å². The molecule has 0 spiro atoms. The van der Waals surface area contributed by atoms with Crippen LogP contribution in [0.5, 0.6) is 0 Å². The summed E-state index contributed by atoms with van der Waals surface area (Å²) in [4.78, 5) is 0. The zero-order valence-electron chi connectivity index (χ0n) is 2.80. The molecule has 0 aromatic heterocycles. The molecule has 0 aromatic rings. The first-order valence-corrected chi connectivity index (χ1v) is 2.65. The first-order valence-electron chi connectivity index (χ1n) is 0.772. The van der Waals surface area contributed by atoms with Crippen molar-refractivity contribution in [1.82, 2.24) is 0 Å². The lowest BCUT2D eigenvalue weighted by molar-refractivity contribution is -1.91. The SMILES string of the molecule is F.[O-][Cl+3]([O-])([O-])OBr. The third-order valence-corrected chi connectivity index (χ3v) is 1.11. The van der Waals surface area contributed by atoms with Gasteiger partial charge in [0.25, 0.3) is 0 Å². The van der Waals surface area contributed by atoms with Gasteiger partial charge in [-0.25, -0.2) is 0 Å². The normalized spacial score (nSPS) is 10.3. The van der Waals surface area contributed by atoms with E-state index in [0.29, 0.717) is 0 Å². The van der Waals surface area contributed by atoms with Gasteiger partial charge >= 0.3 is 16.3 Å². The summed E-state index contributed by atoms with van der Waals surface area (Å²) in [6.07, 6.45) is 0. The number of rotatable bonds is 1. The van der Waals surface area contributed by atoms with E-state index in [0.717, 1.165) is 0 Å². The molecule has 0 radical (unpaired) electrons. The maximum atomic E-state index is 9.15. The fourth-order valence-corrected chi connectivity index (χ4v) is 0. The van der Waals surface area contributed by atoms with Crippen LogP contribution in [0.25, 0.3) is 0 Å². The molecule has 0 rings (SSSR count). The predicted octanol–water partition coefficient (Wildman–Crippen LogP) is -2.64. The highest BCUT2D eigenvalue weighted by molar-refractivity contribution is 9.05. The Morgan fingerprint density at radius 2 is 1.43 bits per heavy atom. The lowest BCUT2D eigenvalue weighted by Crippen LogP contribution is -2.59. The van der Waals surface area contributed by atoms with E-state index in [1.165, 1.54) is 0 Å². The summed E-state index contributed by atoms with van der Waals surface area (Å²) in [7, 11) is -4.26. The van der Waals surface area contributed by atoms with Gasteiger partial charge in [0.2, 0.25) is 0 Å². The molecule has 0 amide bonds. The first kappa shape index (κ1) is 10.5. The van der Waals surface area contributed by atoms with E-state index in [9.17, 15) is 0 Å². The van der Waals surface area contributed by atoms with Crippen LogP contribution in [0, 0.1) is 10.2 Å². The molecule has 0 fully saturated rings. The predicted molar refractivity (Wildman–Crippen MR) is 12.5 cm³/mol. The van der Waals surface area contributed by atoms with Crippen LogP contribution in [-0.4, -0.2) is 0 Å². The maximum absolute atomic E-state index is 9.15. The molecule has 0 N–H and O–H groups in total. The molecule has 0 unspecified atom stereocenters. The van der Waals surface area contributed by atoms with E-state index in [2.05, 4.69) is 3.38 Å². The molecule has 0 atom stereocenters. The lowest BCUT2D eigenvalue weighted by Gasteiger charge is -2.06. The van der Waals surface area contributed by atoms with Crippen molar-refractivity contribution in [3.8, 4) is 0 Å². The molecule has 4 nitrogen and oxygen atoms in total. The Morgan fingerprint density at radius 1 is 1.29 bits per heavy atom. The highest BCUT2D eigenvalue weighted by Gasteiger charge is 2.11. The van der Waals surface area contributed by atoms with E-state index < -0.39 is 10.2 Å². The smallest absolute Gasteiger partial charge is 0.269 e. The van der Waals surface area contributed by atoms with Crippen molar-refractivity contribution in [2.45, 2.75) is 0 Å². The number of hydrogen-bond acceptors (Lipinski definition) is 4. The zero-order chi connectivity index (χ0) is 5.21. The van der Waals surface area contributed by atoms with Gasteiger partial charge in [-0.05, 0) is 0 Å². The molecule has 46 valence electrons. The van der Waals surface area contributed by atoms with Crippen molar-refractivity contribution in [3.05, 3.63) is 0 Å². The summed E-state index contributed by atoms with van der Waals surface area (Å²) in [5.74, 6) is 0. The van der Waals surface area contributed by atoms with Crippen LogP contribution in [-0.2, 0) is 3.38 Å². The standard InChI is InChI=1S/BrClO4.FH/c1-6-2(3,4)5;/h;1H. The average molecular weight is 199 g/mol. The van der Waals surface area contributed by atoms with Crippen LogP contribution in [0.3, 0.4) is 0 Å². The fraction of sp³-hybridized carbons (Fsp3) is 0. The van der Waals surface area contributed by atoms with Crippen LogP contribution in [0.1, 0.15) is 0 Å². The average Bonchev–Trinajstić information content (AvgIpc) is 1.35. The van der Waals surface area contributed by atoms with Crippen LogP contribution in [0.2, 0.25) is 0 Å². The third-order valence-electron chi connectivity index (χ3n) is 0.0714. The molecule has 0 heterocycles. The molecular formula is HBrClFO4. The molecule has 7 heavy (non-hydrogen) atoms. The highest BCUT2D eigenvalue weighted by Crippen LogP contribution is 1.92. The minimum Gasteiger partial charge on any atom is -0.269 e. The Kier molecular flexibility index (Phi) is 5.30. The zero-order valence-corrected chi connectivity index (χ0v) is 5.14. The van der Waals surface area contributed by atoms with Crippen LogP contribution in [0.15, 0.2) is 0 Å². The molecule has 0 bridgehead atoms. The second-order valence-electron chi connectivity index (χ2n) is 0.436. The summed E-state index contributed by atoms with van der Waals surface area (Å²) in [5.41, 5.74) is 0. The summed E-state index contributed by atoms with van der Waals surface area (Å²) < 4.78 is 30.6. The minimum atomic E-state index is -4.26. The lowest BCUT2D eigenvalue weighted by atomic mass is 15.8. The Labute approximate surface area is 49.3 Å². The third kappa shape index (κ3) is 10.8. The Morgan fingerprint density at radius 3 is 1.43 bits per heavy atom. The van der Waals surface area contributed by atoms with Crippen LogP contribution >= 0.6 is 16.3 Å². The van der Waals surface area contributed by atoms with Crippen molar-refractivity contribution >= 4 is 16.3 Å². The molecule has 0 aliphatic carbocycles. The summed E-state index contributed by atoms with van der Waals surface area (Å²) >= 11 is 1.96. The van der Waals surface area contributed by atoms with E-state index in [1.54, 1.807) is 0 Å². The second-order valence-corrected chi connectivity index (χ2v) is 2.04. The van der Waals surface area contributed by atoms with Crippen molar-refractivity contribution in [2.75, 3.05) is 0 Å². The second kappa shape index (κ2) is 3.53. The van der Waals surface area contributed by atoms with Gasteiger partial charge < -0.3 is 0 Å². The maximum Gasteiger partial charge on any atom is 0.303 e. The van der Waals surface area contributed by atoms with E-state index >= 15 is 0 Å². The molecule has 0 aromatic carbocycles. The first-order chi connectivity index (χ1) is 2.56. The molecule has 7 heteroatoms. The van der Waals surface area contributed by atoms with Crippen molar-refractivity contribution < 1.29 is 32.3 Å². The van der Waals surface area contributed by atoms with Gasteiger partial charge in [0, 0.05) is 0 Å². The van der Waals surface area contributed by atoms with Gasteiger partial charge in [0.15, 0.2) is 0 Å². The van der Waals surface area contributed by atoms with Gasteiger partial charge in [0.05, 0.1) is 10.2 Å². The van der Waals surface area contributed by atoms with E-state index in [4.69, 9.17) is 14.0 Å². The number of hydrogen-bond donors (Lipinski definition) is 0. The van der Waals surface area contributed by atoms with Gasteiger partial charge in [0.1, 0.15) is 3.38 Å². The molecular weight excluding hydrogens is 198 g/mol. The fourth-order valence-electron chi connectivity index (χ4n) is 0. The van der Waals surface area contributed by atoms with Crippen molar-refractivity contribution in [1.29, 1.82) is 0 Å². The van der Waals surface area contributed by atoms with Gasteiger partial charge in [-0.2, -0.15) is 14.0 Å². The highest BCUT2D eigenvalue weighted by atomic mass is 79.9. The largest absolute Gasteiger partial charge is 0.303 e. The van der Waals surface area contributed by atoms with Crippen molar-refractivity contribution in [3.63, 3.8) is 0 Å². The summed E-state index contributed by atoms with van der Waals surface area (Å²) in [5, 5.41) is 0. The molecule has 0 saturated carbocycles.